The molecular weight excluding hydrogens is 183 g/mol. The van der Waals surface area contributed by atoms with E-state index in [1.807, 2.05) is 12.1 Å². The molecule has 0 aromatic carbocycles. The van der Waals surface area contributed by atoms with Gasteiger partial charge in [-0.2, -0.15) is 5.10 Å². The van der Waals surface area contributed by atoms with Crippen molar-refractivity contribution < 1.29 is 0 Å². The molecule has 0 saturated carbocycles. The number of hydrogen-bond donors (Lipinski definition) is 0. The third-order valence-corrected chi connectivity index (χ3v) is 2.22. The summed E-state index contributed by atoms with van der Waals surface area (Å²) in [6.07, 6.45) is 1.68. The van der Waals surface area contributed by atoms with Crippen LogP contribution in [0, 0.1) is 0 Å². The van der Waals surface area contributed by atoms with Gasteiger partial charge in [0.2, 0.25) is 0 Å². The van der Waals surface area contributed by atoms with Gasteiger partial charge in [-0.05, 0) is 18.2 Å². The van der Waals surface area contributed by atoms with E-state index in [1.54, 1.807) is 16.8 Å². The molecule has 0 radical (unpaired) electrons. The maximum atomic E-state index is 5.84. The van der Waals surface area contributed by atoms with Gasteiger partial charge >= 0.3 is 0 Å². The Kier molecular flexibility index (Phi) is 1.51. The van der Waals surface area contributed by atoms with E-state index in [2.05, 4.69) is 5.10 Å². The maximum absolute atomic E-state index is 5.84. The lowest BCUT2D eigenvalue weighted by Gasteiger charge is -1.97. The maximum Gasteiger partial charge on any atom is 0.149 e. The molecule has 2 heterocycles. The van der Waals surface area contributed by atoms with Gasteiger partial charge in [0.05, 0.1) is 16.7 Å². The first kappa shape index (κ1) is 6.95. The number of pyridine rings is 1. The molecule has 2 aromatic heterocycles. The van der Waals surface area contributed by atoms with Gasteiger partial charge in [0.25, 0.3) is 0 Å². The second-order valence-corrected chi connectivity index (χ2v) is 2.91. The average Bonchev–Trinajstić information content (AvgIpc) is 2.45. The van der Waals surface area contributed by atoms with Crippen molar-refractivity contribution in [2.45, 2.75) is 0 Å². The van der Waals surface area contributed by atoms with Gasteiger partial charge in [0.15, 0.2) is 0 Å². The monoisotopic (exact) mass is 186 g/mol. The summed E-state index contributed by atoms with van der Waals surface area (Å²) in [6.45, 7) is 0. The van der Waals surface area contributed by atoms with Crippen LogP contribution in [0.3, 0.4) is 0 Å². The molecule has 0 bridgehead atoms. The van der Waals surface area contributed by atoms with Crippen molar-refractivity contribution in [3.05, 3.63) is 34.6 Å². The molecule has 0 aliphatic carbocycles. The molecule has 0 amide bonds. The number of nitrogens with zero attached hydrogens (tertiary/aromatic N) is 2. The fourth-order valence-corrected chi connectivity index (χ4v) is 1.28. The van der Waals surface area contributed by atoms with E-state index in [0.717, 1.165) is 5.52 Å². The van der Waals surface area contributed by atoms with E-state index in [9.17, 15) is 0 Å². The van der Waals surface area contributed by atoms with Crippen molar-refractivity contribution in [1.82, 2.24) is 9.61 Å². The summed E-state index contributed by atoms with van der Waals surface area (Å²) in [4.78, 5) is 0. The van der Waals surface area contributed by atoms with E-state index in [0.29, 0.717) is 10.2 Å². The summed E-state index contributed by atoms with van der Waals surface area (Å²) < 4.78 is 1.59. The Labute approximate surface area is 73.3 Å². The smallest absolute Gasteiger partial charge is 0.149 e. The standard InChI is InChI=1S/C7H4Cl2N2/c8-6-2-1-5-3-4-10-11(5)7(6)9/h1-4H. The Hall–Kier alpha value is -0.730. The number of aromatic nitrogens is 2. The zero-order chi connectivity index (χ0) is 7.84. The molecule has 11 heavy (non-hydrogen) atoms. The minimum absolute atomic E-state index is 0.453. The minimum atomic E-state index is 0.453. The van der Waals surface area contributed by atoms with Crippen LogP contribution in [0.15, 0.2) is 24.4 Å². The molecular formula is C7H4Cl2N2. The Bertz CT molecular complexity index is 394. The fraction of sp³-hybridized carbons (Fsp3) is 0. The van der Waals surface area contributed by atoms with Gasteiger partial charge < -0.3 is 0 Å². The molecule has 4 heteroatoms. The Balaban J connectivity index is 2.93. The van der Waals surface area contributed by atoms with Crippen molar-refractivity contribution in [3.8, 4) is 0 Å². The normalized spacial score (nSPS) is 10.7. The largest absolute Gasteiger partial charge is 0.221 e. The summed E-state index contributed by atoms with van der Waals surface area (Å²) in [7, 11) is 0. The minimum Gasteiger partial charge on any atom is -0.221 e. The zero-order valence-electron chi connectivity index (χ0n) is 5.46. The predicted molar refractivity (Wildman–Crippen MR) is 45.2 cm³/mol. The first-order valence-electron chi connectivity index (χ1n) is 3.07. The molecule has 0 aliphatic heterocycles. The predicted octanol–water partition coefficient (Wildman–Crippen LogP) is 2.64. The molecule has 0 saturated heterocycles. The number of fused-ring (bicyclic) bond motifs is 1. The van der Waals surface area contributed by atoms with Crippen LogP contribution in [-0.2, 0) is 0 Å². The van der Waals surface area contributed by atoms with Crippen molar-refractivity contribution in [1.29, 1.82) is 0 Å². The molecule has 0 atom stereocenters. The van der Waals surface area contributed by atoms with Crippen LogP contribution in [0.4, 0.5) is 0 Å². The van der Waals surface area contributed by atoms with Gasteiger partial charge in [-0.3, -0.25) is 0 Å². The molecule has 0 unspecified atom stereocenters. The average molecular weight is 187 g/mol. The van der Waals surface area contributed by atoms with Crippen LogP contribution in [0.2, 0.25) is 10.2 Å². The van der Waals surface area contributed by atoms with Crippen molar-refractivity contribution in [2.24, 2.45) is 0 Å². The van der Waals surface area contributed by atoms with Crippen LogP contribution < -0.4 is 0 Å². The second kappa shape index (κ2) is 2.40. The molecule has 0 N–H and O–H groups in total. The van der Waals surface area contributed by atoms with Gasteiger partial charge in [0, 0.05) is 0 Å². The topological polar surface area (TPSA) is 17.3 Å². The molecule has 2 nitrogen and oxygen atoms in total. The van der Waals surface area contributed by atoms with E-state index >= 15 is 0 Å². The van der Waals surface area contributed by atoms with Crippen LogP contribution in [-0.4, -0.2) is 9.61 Å². The highest BCUT2D eigenvalue weighted by Gasteiger charge is 2.01. The number of hydrogen-bond acceptors (Lipinski definition) is 1. The summed E-state index contributed by atoms with van der Waals surface area (Å²) in [5, 5.41) is 4.95. The van der Waals surface area contributed by atoms with Crippen LogP contribution in [0.25, 0.3) is 5.52 Å². The van der Waals surface area contributed by atoms with E-state index < -0.39 is 0 Å². The van der Waals surface area contributed by atoms with E-state index in [4.69, 9.17) is 23.2 Å². The third-order valence-electron chi connectivity index (χ3n) is 1.46. The van der Waals surface area contributed by atoms with E-state index in [-0.39, 0.29) is 0 Å². The third kappa shape index (κ3) is 0.988. The Morgan fingerprint density at radius 2 is 2.00 bits per heavy atom. The Morgan fingerprint density at radius 3 is 2.82 bits per heavy atom. The van der Waals surface area contributed by atoms with Gasteiger partial charge in [-0.1, -0.05) is 23.2 Å². The van der Waals surface area contributed by atoms with Crippen molar-refractivity contribution in [3.63, 3.8) is 0 Å². The van der Waals surface area contributed by atoms with Crippen LogP contribution in [0.1, 0.15) is 0 Å². The quantitative estimate of drug-likeness (QED) is 0.579. The van der Waals surface area contributed by atoms with E-state index in [1.165, 1.54) is 0 Å². The lowest BCUT2D eigenvalue weighted by molar-refractivity contribution is 0.962. The summed E-state index contributed by atoms with van der Waals surface area (Å²) in [5.74, 6) is 0. The molecule has 0 spiro atoms. The Morgan fingerprint density at radius 1 is 1.18 bits per heavy atom. The first-order chi connectivity index (χ1) is 5.29. The lowest BCUT2D eigenvalue weighted by Crippen LogP contribution is -1.88. The van der Waals surface area contributed by atoms with Crippen LogP contribution in [0.5, 0.6) is 0 Å². The van der Waals surface area contributed by atoms with Gasteiger partial charge in [0.1, 0.15) is 5.15 Å². The van der Waals surface area contributed by atoms with Crippen molar-refractivity contribution >= 4 is 28.7 Å². The lowest BCUT2D eigenvalue weighted by atomic mass is 10.4. The van der Waals surface area contributed by atoms with Gasteiger partial charge in [-0.25, -0.2) is 4.52 Å². The van der Waals surface area contributed by atoms with Crippen molar-refractivity contribution in [2.75, 3.05) is 0 Å². The highest BCUT2D eigenvalue weighted by molar-refractivity contribution is 6.41. The number of rotatable bonds is 0. The SMILES string of the molecule is Clc1ccc2ccnn2c1Cl. The number of halogens is 2. The highest BCUT2D eigenvalue weighted by atomic mass is 35.5. The molecule has 2 aromatic rings. The second-order valence-electron chi connectivity index (χ2n) is 2.14. The van der Waals surface area contributed by atoms with Gasteiger partial charge in [-0.15, -0.1) is 0 Å². The highest BCUT2D eigenvalue weighted by Crippen LogP contribution is 2.21. The summed E-state index contributed by atoms with van der Waals surface area (Å²) in [5.41, 5.74) is 0.944. The van der Waals surface area contributed by atoms with Crippen LogP contribution >= 0.6 is 23.2 Å². The molecule has 2 rings (SSSR count). The zero-order valence-corrected chi connectivity index (χ0v) is 6.97. The summed E-state index contributed by atoms with van der Waals surface area (Å²) in [6, 6.07) is 5.48. The molecule has 56 valence electrons. The summed E-state index contributed by atoms with van der Waals surface area (Å²) >= 11 is 11.6. The molecule has 0 fully saturated rings. The molecule has 0 aliphatic rings. The fourth-order valence-electron chi connectivity index (χ4n) is 0.932. The first-order valence-corrected chi connectivity index (χ1v) is 3.82.